The number of esters is 1. The summed E-state index contributed by atoms with van der Waals surface area (Å²) in [5.74, 6) is 0.935. The number of halogens is 1. The number of anilines is 3. The van der Waals surface area contributed by atoms with Gasteiger partial charge in [0.2, 0.25) is 5.95 Å². The molecule has 7 heteroatoms. The van der Waals surface area contributed by atoms with Crippen molar-refractivity contribution in [2.75, 3.05) is 30.4 Å². The van der Waals surface area contributed by atoms with Crippen LogP contribution in [0.25, 0.3) is 0 Å². The fourth-order valence-electron chi connectivity index (χ4n) is 2.87. The van der Waals surface area contributed by atoms with Gasteiger partial charge in [0.25, 0.3) is 0 Å². The van der Waals surface area contributed by atoms with Crippen LogP contribution in [0.3, 0.4) is 0 Å². The molecule has 6 nitrogen and oxygen atoms in total. The highest BCUT2D eigenvalue weighted by Gasteiger charge is 2.13. The Labute approximate surface area is 152 Å². The monoisotopic (exact) mass is 360 g/mol. The molecular weight excluding hydrogens is 340 g/mol. The van der Waals surface area contributed by atoms with Crippen LogP contribution < -0.4 is 10.2 Å². The number of benzene rings is 1. The molecule has 1 fully saturated rings. The lowest BCUT2D eigenvalue weighted by Crippen LogP contribution is -2.25. The minimum absolute atomic E-state index is 0.415. The van der Waals surface area contributed by atoms with E-state index in [0.29, 0.717) is 22.2 Å². The normalized spacial score (nSPS) is 14.7. The van der Waals surface area contributed by atoms with Crippen molar-refractivity contribution in [1.82, 2.24) is 9.97 Å². The van der Waals surface area contributed by atoms with Gasteiger partial charge < -0.3 is 15.0 Å². The Bertz CT molecular complexity index is 746. The fraction of sp³-hybridized carbons (Fsp3) is 0.389. The SMILES string of the molecule is COC(=O)c1ccc(Cl)c(Nc2nccc(N3CCCCCC3)n2)c1. The van der Waals surface area contributed by atoms with Gasteiger partial charge in [0.05, 0.1) is 23.4 Å². The Morgan fingerprint density at radius 2 is 1.96 bits per heavy atom. The summed E-state index contributed by atoms with van der Waals surface area (Å²) in [5, 5.41) is 3.58. The van der Waals surface area contributed by atoms with Crippen LogP contribution >= 0.6 is 11.6 Å². The zero-order valence-electron chi connectivity index (χ0n) is 14.2. The average molecular weight is 361 g/mol. The molecule has 1 aliphatic rings. The number of methoxy groups -OCH3 is 1. The molecule has 2 heterocycles. The smallest absolute Gasteiger partial charge is 0.337 e. The topological polar surface area (TPSA) is 67.3 Å². The molecule has 0 atom stereocenters. The third-order valence-electron chi connectivity index (χ3n) is 4.20. The van der Waals surface area contributed by atoms with Crippen LogP contribution in [0.1, 0.15) is 36.0 Å². The first-order valence-electron chi connectivity index (χ1n) is 8.40. The van der Waals surface area contributed by atoms with Gasteiger partial charge in [-0.15, -0.1) is 0 Å². The summed E-state index contributed by atoms with van der Waals surface area (Å²) in [4.78, 5) is 22.8. The van der Waals surface area contributed by atoms with Gasteiger partial charge in [-0.2, -0.15) is 4.98 Å². The molecule has 1 aliphatic heterocycles. The maximum atomic E-state index is 11.7. The third-order valence-corrected chi connectivity index (χ3v) is 4.53. The first-order chi connectivity index (χ1) is 12.2. The van der Waals surface area contributed by atoms with Crippen molar-refractivity contribution in [3.05, 3.63) is 41.0 Å². The van der Waals surface area contributed by atoms with E-state index in [0.717, 1.165) is 18.9 Å². The largest absolute Gasteiger partial charge is 0.465 e. The van der Waals surface area contributed by atoms with E-state index in [4.69, 9.17) is 16.3 Å². The highest BCUT2D eigenvalue weighted by Crippen LogP contribution is 2.26. The molecule has 2 aromatic rings. The first kappa shape index (κ1) is 17.5. The van der Waals surface area contributed by atoms with Gasteiger partial charge in [-0.3, -0.25) is 0 Å². The van der Waals surface area contributed by atoms with E-state index < -0.39 is 5.97 Å². The van der Waals surface area contributed by atoms with Gasteiger partial charge in [0.15, 0.2) is 0 Å². The Balaban J connectivity index is 1.81. The molecular formula is C18H21ClN4O2. The molecule has 1 saturated heterocycles. The van der Waals surface area contributed by atoms with Gasteiger partial charge in [0, 0.05) is 19.3 Å². The average Bonchev–Trinajstić information content (AvgIpc) is 2.92. The van der Waals surface area contributed by atoms with Crippen molar-refractivity contribution in [1.29, 1.82) is 0 Å². The number of hydrogen-bond donors (Lipinski definition) is 1. The van der Waals surface area contributed by atoms with E-state index in [9.17, 15) is 4.79 Å². The number of carbonyl (C=O) groups excluding carboxylic acids is 1. The Morgan fingerprint density at radius 1 is 1.20 bits per heavy atom. The number of nitrogens with one attached hydrogen (secondary N) is 1. The molecule has 0 radical (unpaired) electrons. The molecule has 25 heavy (non-hydrogen) atoms. The van der Waals surface area contributed by atoms with Crippen LogP contribution in [0.4, 0.5) is 17.5 Å². The highest BCUT2D eigenvalue weighted by atomic mass is 35.5. The number of hydrogen-bond acceptors (Lipinski definition) is 6. The van der Waals surface area contributed by atoms with E-state index >= 15 is 0 Å². The molecule has 0 saturated carbocycles. The summed E-state index contributed by atoms with van der Waals surface area (Å²) in [7, 11) is 1.35. The van der Waals surface area contributed by atoms with Crippen molar-refractivity contribution in [3.8, 4) is 0 Å². The molecule has 0 spiro atoms. The first-order valence-corrected chi connectivity index (χ1v) is 8.78. The summed E-state index contributed by atoms with van der Waals surface area (Å²) in [6.45, 7) is 2.02. The maximum absolute atomic E-state index is 11.7. The molecule has 0 unspecified atom stereocenters. The second-order valence-corrected chi connectivity index (χ2v) is 6.36. The zero-order chi connectivity index (χ0) is 17.6. The predicted octanol–water partition coefficient (Wildman–Crippen LogP) is 4.04. The lowest BCUT2D eigenvalue weighted by molar-refractivity contribution is 0.0601. The van der Waals surface area contributed by atoms with Crippen LogP contribution in [0, 0.1) is 0 Å². The number of aromatic nitrogens is 2. The molecule has 3 rings (SSSR count). The standard InChI is InChI=1S/C18H21ClN4O2/c1-25-17(24)13-6-7-14(19)15(12-13)21-18-20-9-8-16(22-18)23-10-4-2-3-5-11-23/h6-9,12H,2-5,10-11H2,1H3,(H,20,21,22). The van der Waals surface area contributed by atoms with Crippen molar-refractivity contribution in [2.24, 2.45) is 0 Å². The number of rotatable bonds is 4. The lowest BCUT2D eigenvalue weighted by atomic mass is 10.2. The van der Waals surface area contributed by atoms with E-state index in [-0.39, 0.29) is 0 Å². The van der Waals surface area contributed by atoms with Crippen LogP contribution in [0.5, 0.6) is 0 Å². The van der Waals surface area contributed by atoms with Gasteiger partial charge in [0.1, 0.15) is 5.82 Å². The molecule has 0 aliphatic carbocycles. The van der Waals surface area contributed by atoms with Gasteiger partial charge in [-0.25, -0.2) is 9.78 Å². The minimum atomic E-state index is -0.418. The van der Waals surface area contributed by atoms with Crippen molar-refractivity contribution in [2.45, 2.75) is 25.7 Å². The van der Waals surface area contributed by atoms with Gasteiger partial charge in [-0.1, -0.05) is 24.4 Å². The lowest BCUT2D eigenvalue weighted by Gasteiger charge is -2.21. The molecule has 132 valence electrons. The highest BCUT2D eigenvalue weighted by molar-refractivity contribution is 6.33. The summed E-state index contributed by atoms with van der Waals surface area (Å²) < 4.78 is 4.74. The van der Waals surface area contributed by atoms with E-state index in [1.807, 2.05) is 6.07 Å². The van der Waals surface area contributed by atoms with Gasteiger partial charge in [-0.05, 0) is 37.1 Å². The second kappa shape index (κ2) is 8.16. The maximum Gasteiger partial charge on any atom is 0.337 e. The quantitative estimate of drug-likeness (QED) is 0.830. The Morgan fingerprint density at radius 3 is 2.68 bits per heavy atom. The Kier molecular flexibility index (Phi) is 5.71. The van der Waals surface area contributed by atoms with Crippen molar-refractivity contribution < 1.29 is 9.53 Å². The molecule has 1 aromatic carbocycles. The number of ether oxygens (including phenoxy) is 1. The van der Waals surface area contributed by atoms with Gasteiger partial charge >= 0.3 is 5.97 Å². The summed E-state index contributed by atoms with van der Waals surface area (Å²) in [6, 6.07) is 6.82. The molecule has 1 aromatic heterocycles. The molecule has 1 N–H and O–H groups in total. The summed E-state index contributed by atoms with van der Waals surface area (Å²) in [6.07, 6.45) is 6.62. The second-order valence-electron chi connectivity index (χ2n) is 5.95. The Hall–Kier alpha value is -2.34. The zero-order valence-corrected chi connectivity index (χ0v) is 14.9. The predicted molar refractivity (Wildman–Crippen MR) is 98.8 cm³/mol. The number of carbonyl (C=O) groups is 1. The van der Waals surface area contributed by atoms with Crippen molar-refractivity contribution in [3.63, 3.8) is 0 Å². The van der Waals surface area contributed by atoms with Crippen LogP contribution in [0.15, 0.2) is 30.5 Å². The van der Waals surface area contributed by atoms with Crippen LogP contribution in [0.2, 0.25) is 5.02 Å². The summed E-state index contributed by atoms with van der Waals surface area (Å²) >= 11 is 6.22. The fourth-order valence-corrected chi connectivity index (χ4v) is 3.04. The number of nitrogens with zero attached hydrogens (tertiary/aromatic N) is 3. The van der Waals surface area contributed by atoms with Crippen molar-refractivity contribution >= 4 is 35.0 Å². The van der Waals surface area contributed by atoms with E-state index in [1.54, 1.807) is 24.4 Å². The van der Waals surface area contributed by atoms with E-state index in [2.05, 4.69) is 20.2 Å². The van der Waals surface area contributed by atoms with Crippen LogP contribution in [-0.2, 0) is 4.74 Å². The third kappa shape index (κ3) is 4.39. The molecule has 0 amide bonds. The summed E-state index contributed by atoms with van der Waals surface area (Å²) in [5.41, 5.74) is 0.982. The van der Waals surface area contributed by atoms with E-state index in [1.165, 1.54) is 32.8 Å². The van der Waals surface area contributed by atoms with Crippen LogP contribution in [-0.4, -0.2) is 36.1 Å². The molecule has 0 bridgehead atoms. The minimum Gasteiger partial charge on any atom is -0.465 e.